The van der Waals surface area contributed by atoms with E-state index >= 15 is 0 Å². The van der Waals surface area contributed by atoms with E-state index in [0.717, 1.165) is 0 Å². The summed E-state index contributed by atoms with van der Waals surface area (Å²) in [7, 11) is 0. The van der Waals surface area contributed by atoms with E-state index in [9.17, 15) is 26.3 Å². The zero-order chi connectivity index (χ0) is 16.4. The molecule has 1 aromatic rings. The molecule has 0 saturated carbocycles. The molecule has 1 unspecified atom stereocenters. The smallest absolute Gasteiger partial charge is 0.401 e. The zero-order valence-corrected chi connectivity index (χ0v) is 13.7. The maximum atomic E-state index is 12.8. The van der Waals surface area contributed by atoms with Crippen LogP contribution in [0.3, 0.4) is 0 Å². The minimum atomic E-state index is -5.43. The predicted molar refractivity (Wildman–Crippen MR) is 72.6 cm³/mol. The second-order valence-corrected chi connectivity index (χ2v) is 5.98. The molecule has 9 heteroatoms. The molecule has 1 nitrogen and oxygen atoms in total. The van der Waals surface area contributed by atoms with Gasteiger partial charge in [0, 0.05) is 10.0 Å². The highest BCUT2D eigenvalue weighted by Gasteiger charge is 2.60. The minimum absolute atomic E-state index is 0.0268. The predicted octanol–water partition coefficient (Wildman–Crippen LogP) is 6.02. The highest BCUT2D eigenvalue weighted by molar-refractivity contribution is 9.10. The van der Waals surface area contributed by atoms with Crippen molar-refractivity contribution >= 4 is 31.9 Å². The van der Waals surface area contributed by atoms with Gasteiger partial charge in [0.25, 0.3) is 0 Å². The SMILES string of the molecule is CCOc1ccc(Br)cc1C(Br)C(C(F)(F)F)C(F)(F)F. The lowest BCUT2D eigenvalue weighted by Crippen LogP contribution is -2.39. The third-order valence-corrected chi connectivity index (χ3v) is 4.08. The number of alkyl halides is 7. The number of halogens is 8. The first-order valence-electron chi connectivity index (χ1n) is 5.68. The Morgan fingerprint density at radius 1 is 1.10 bits per heavy atom. The first-order valence-corrected chi connectivity index (χ1v) is 7.39. The van der Waals surface area contributed by atoms with Crippen LogP contribution in [0.25, 0.3) is 0 Å². The molecule has 120 valence electrons. The summed E-state index contributed by atoms with van der Waals surface area (Å²) in [6, 6.07) is 3.97. The Morgan fingerprint density at radius 2 is 1.62 bits per heavy atom. The van der Waals surface area contributed by atoms with Crippen LogP contribution in [0, 0.1) is 5.92 Å². The van der Waals surface area contributed by atoms with Crippen LogP contribution in [0.4, 0.5) is 26.3 Å². The summed E-state index contributed by atoms with van der Waals surface area (Å²) in [5.74, 6) is -3.56. The summed E-state index contributed by atoms with van der Waals surface area (Å²) >= 11 is 5.57. The number of hydrogen-bond acceptors (Lipinski definition) is 1. The standard InChI is InChI=1S/C12H10Br2F6O/c1-2-21-8-4-3-6(13)5-7(8)9(14)10(11(15,16)17)12(18,19)20/h3-5,9-10H,2H2,1H3. The molecular formula is C12H10Br2F6O. The number of benzene rings is 1. The molecule has 1 aromatic carbocycles. The number of ether oxygens (including phenoxy) is 1. The topological polar surface area (TPSA) is 9.23 Å². The average molecular weight is 444 g/mol. The summed E-state index contributed by atoms with van der Waals surface area (Å²) in [5.41, 5.74) is -0.217. The molecule has 0 aliphatic carbocycles. The molecular weight excluding hydrogens is 434 g/mol. The summed E-state index contributed by atoms with van der Waals surface area (Å²) in [4.78, 5) is -2.00. The third kappa shape index (κ3) is 4.77. The number of rotatable bonds is 4. The van der Waals surface area contributed by atoms with Gasteiger partial charge in [-0.05, 0) is 25.1 Å². The van der Waals surface area contributed by atoms with Gasteiger partial charge in [0.1, 0.15) is 5.75 Å². The molecule has 0 saturated heterocycles. The van der Waals surface area contributed by atoms with E-state index in [1.807, 2.05) is 0 Å². The fourth-order valence-electron chi connectivity index (χ4n) is 1.72. The maximum absolute atomic E-state index is 12.8. The van der Waals surface area contributed by atoms with Crippen molar-refractivity contribution in [3.63, 3.8) is 0 Å². The van der Waals surface area contributed by atoms with Gasteiger partial charge >= 0.3 is 12.4 Å². The molecule has 0 fully saturated rings. The molecule has 0 aliphatic rings. The largest absolute Gasteiger partial charge is 0.494 e. The number of hydrogen-bond donors (Lipinski definition) is 0. The molecule has 0 aliphatic heterocycles. The Kier molecular flexibility index (Phi) is 5.99. The van der Waals surface area contributed by atoms with Crippen molar-refractivity contribution in [3.05, 3.63) is 28.2 Å². The molecule has 1 atom stereocenters. The van der Waals surface area contributed by atoms with Gasteiger partial charge in [-0.25, -0.2) is 0 Å². The van der Waals surface area contributed by atoms with Gasteiger partial charge < -0.3 is 4.74 Å². The first-order chi connectivity index (χ1) is 9.48. The normalized spacial score (nSPS) is 14.4. The van der Waals surface area contributed by atoms with Gasteiger partial charge in [0.2, 0.25) is 0 Å². The van der Waals surface area contributed by atoms with Gasteiger partial charge in [-0.2, -0.15) is 26.3 Å². The Hall–Kier alpha value is -0.440. The van der Waals surface area contributed by atoms with Gasteiger partial charge in [0.15, 0.2) is 5.92 Å². The summed E-state index contributed by atoms with van der Waals surface area (Å²) < 4.78 is 82.1. The molecule has 0 amide bonds. The second-order valence-electron chi connectivity index (χ2n) is 4.08. The Balaban J connectivity index is 3.33. The highest BCUT2D eigenvalue weighted by Crippen LogP contribution is 2.51. The van der Waals surface area contributed by atoms with E-state index < -0.39 is 23.1 Å². The lowest BCUT2D eigenvalue weighted by molar-refractivity contribution is -0.283. The van der Waals surface area contributed by atoms with Crippen LogP contribution < -0.4 is 4.74 Å². The van der Waals surface area contributed by atoms with Crippen LogP contribution in [0.1, 0.15) is 17.3 Å². The fourth-order valence-corrected chi connectivity index (χ4v) is 3.05. The fraction of sp³-hybridized carbons (Fsp3) is 0.500. The molecule has 0 bridgehead atoms. The lowest BCUT2D eigenvalue weighted by Gasteiger charge is -2.28. The van der Waals surface area contributed by atoms with Gasteiger partial charge in [-0.3, -0.25) is 0 Å². The van der Waals surface area contributed by atoms with Gasteiger partial charge in [-0.1, -0.05) is 31.9 Å². The third-order valence-electron chi connectivity index (χ3n) is 2.57. The second kappa shape index (κ2) is 6.76. The van der Waals surface area contributed by atoms with Crippen molar-refractivity contribution < 1.29 is 31.1 Å². The monoisotopic (exact) mass is 442 g/mol. The van der Waals surface area contributed by atoms with Crippen LogP contribution in [-0.4, -0.2) is 19.0 Å². The van der Waals surface area contributed by atoms with Crippen molar-refractivity contribution in [3.8, 4) is 5.75 Å². The van der Waals surface area contributed by atoms with Crippen LogP contribution in [0.5, 0.6) is 5.75 Å². The van der Waals surface area contributed by atoms with E-state index in [2.05, 4.69) is 31.9 Å². The Morgan fingerprint density at radius 3 is 2.05 bits per heavy atom. The van der Waals surface area contributed by atoms with Crippen molar-refractivity contribution in [1.29, 1.82) is 0 Å². The van der Waals surface area contributed by atoms with Crippen molar-refractivity contribution in [2.45, 2.75) is 24.1 Å². The Bertz CT molecular complexity index is 472. The van der Waals surface area contributed by atoms with Crippen LogP contribution in [0.2, 0.25) is 0 Å². The lowest BCUT2D eigenvalue weighted by atomic mass is 9.97. The Labute approximate surface area is 133 Å². The van der Waals surface area contributed by atoms with Gasteiger partial charge in [-0.15, -0.1) is 0 Å². The van der Waals surface area contributed by atoms with E-state index in [-0.39, 0.29) is 17.9 Å². The summed E-state index contributed by atoms with van der Waals surface area (Å²) in [6.45, 7) is 1.71. The summed E-state index contributed by atoms with van der Waals surface area (Å²) in [6.07, 6.45) is -10.9. The molecule has 0 N–H and O–H groups in total. The zero-order valence-electron chi connectivity index (χ0n) is 10.5. The molecule has 21 heavy (non-hydrogen) atoms. The van der Waals surface area contributed by atoms with Crippen molar-refractivity contribution in [2.75, 3.05) is 6.61 Å². The molecule has 0 aromatic heterocycles. The molecule has 0 heterocycles. The maximum Gasteiger partial charge on any atom is 0.401 e. The van der Waals surface area contributed by atoms with Crippen molar-refractivity contribution in [1.82, 2.24) is 0 Å². The summed E-state index contributed by atoms with van der Waals surface area (Å²) in [5, 5.41) is 0. The minimum Gasteiger partial charge on any atom is -0.494 e. The van der Waals surface area contributed by atoms with E-state index in [1.165, 1.54) is 18.2 Å². The van der Waals surface area contributed by atoms with Gasteiger partial charge in [0.05, 0.1) is 11.4 Å². The van der Waals surface area contributed by atoms with Crippen LogP contribution in [0.15, 0.2) is 22.7 Å². The quantitative estimate of drug-likeness (QED) is 0.408. The van der Waals surface area contributed by atoms with E-state index in [0.29, 0.717) is 4.47 Å². The average Bonchev–Trinajstić information content (AvgIpc) is 2.27. The van der Waals surface area contributed by atoms with Crippen molar-refractivity contribution in [2.24, 2.45) is 5.92 Å². The molecule has 0 spiro atoms. The van der Waals surface area contributed by atoms with E-state index in [4.69, 9.17) is 4.74 Å². The molecule has 1 rings (SSSR count). The molecule has 0 radical (unpaired) electrons. The highest BCUT2D eigenvalue weighted by atomic mass is 79.9. The van der Waals surface area contributed by atoms with Crippen LogP contribution >= 0.6 is 31.9 Å². The van der Waals surface area contributed by atoms with E-state index in [1.54, 1.807) is 6.92 Å². The first kappa shape index (κ1) is 18.6. The van der Waals surface area contributed by atoms with Crippen LogP contribution in [-0.2, 0) is 0 Å².